The molecule has 0 aliphatic carbocycles. The van der Waals surface area contributed by atoms with E-state index in [0.717, 1.165) is 24.8 Å². The lowest BCUT2D eigenvalue weighted by molar-refractivity contribution is -0.116. The predicted octanol–water partition coefficient (Wildman–Crippen LogP) is 4.74. The zero-order valence-electron chi connectivity index (χ0n) is 15.3. The quantitative estimate of drug-likeness (QED) is 0.704. The first kappa shape index (κ1) is 21.1. The van der Waals surface area contributed by atoms with Crippen LogP contribution in [0.25, 0.3) is 0 Å². The number of nitrogens with zero attached hydrogens (tertiary/aromatic N) is 1. The maximum Gasteiger partial charge on any atom is 0.243 e. The number of carbonyl (C=O) groups excluding carboxylic acids is 1. The summed E-state index contributed by atoms with van der Waals surface area (Å²) in [4.78, 5) is 12.5. The molecule has 1 saturated heterocycles. The Labute approximate surface area is 175 Å². The van der Waals surface area contributed by atoms with Gasteiger partial charge in [0.1, 0.15) is 0 Å². The molecule has 1 heterocycles. The van der Waals surface area contributed by atoms with E-state index >= 15 is 0 Å². The van der Waals surface area contributed by atoms with E-state index in [1.807, 2.05) is 0 Å². The molecule has 28 heavy (non-hydrogen) atoms. The highest BCUT2D eigenvalue weighted by Crippen LogP contribution is 2.30. The molecule has 8 heteroatoms. The second-order valence-corrected chi connectivity index (χ2v) is 9.51. The number of halogens is 2. The Hall–Kier alpha value is -1.60. The van der Waals surface area contributed by atoms with Crippen LogP contribution in [0.2, 0.25) is 10.0 Å². The molecule has 1 N–H and O–H groups in total. The average molecular weight is 441 g/mol. The SMILES string of the molecule is O=C(CCc1ccc(S(=O)(=O)N2CCCCC2)cc1)Nc1c(Cl)cccc1Cl. The third-order valence-corrected chi connectivity index (χ3v) is 7.29. The zero-order valence-corrected chi connectivity index (χ0v) is 17.7. The van der Waals surface area contributed by atoms with Gasteiger partial charge in [0.05, 0.1) is 20.6 Å². The van der Waals surface area contributed by atoms with Gasteiger partial charge in [0, 0.05) is 19.5 Å². The molecular formula is C20H22Cl2N2O3S. The van der Waals surface area contributed by atoms with Gasteiger partial charge in [-0.05, 0) is 49.1 Å². The Bertz CT molecular complexity index is 920. The molecule has 0 aromatic heterocycles. The highest BCUT2D eigenvalue weighted by Gasteiger charge is 2.25. The predicted molar refractivity (Wildman–Crippen MR) is 112 cm³/mol. The van der Waals surface area contributed by atoms with Crippen molar-refractivity contribution in [3.8, 4) is 0 Å². The molecule has 2 aromatic rings. The van der Waals surface area contributed by atoms with Crippen LogP contribution in [0.3, 0.4) is 0 Å². The molecule has 3 rings (SSSR count). The number of rotatable bonds is 6. The van der Waals surface area contributed by atoms with Crippen LogP contribution in [0.1, 0.15) is 31.2 Å². The molecule has 0 saturated carbocycles. The van der Waals surface area contributed by atoms with Crippen LogP contribution in [0.5, 0.6) is 0 Å². The van der Waals surface area contributed by atoms with Crippen LogP contribution >= 0.6 is 23.2 Å². The van der Waals surface area contributed by atoms with Crippen molar-refractivity contribution in [2.24, 2.45) is 0 Å². The number of sulfonamides is 1. The smallest absolute Gasteiger partial charge is 0.243 e. The standard InChI is InChI=1S/C20H22Cl2N2O3S/c21-17-5-4-6-18(22)20(17)23-19(25)12-9-15-7-10-16(11-8-15)28(26,27)24-13-2-1-3-14-24/h4-8,10-11H,1-3,9,12-14H2,(H,23,25). The van der Waals surface area contributed by atoms with Crippen LogP contribution in [0.15, 0.2) is 47.4 Å². The summed E-state index contributed by atoms with van der Waals surface area (Å²) in [6.07, 6.45) is 3.61. The molecule has 1 aliphatic rings. The minimum atomic E-state index is -3.44. The molecule has 1 fully saturated rings. The first-order valence-electron chi connectivity index (χ1n) is 9.21. The number of piperidine rings is 1. The molecule has 0 radical (unpaired) electrons. The lowest BCUT2D eigenvalue weighted by Gasteiger charge is -2.25. The Morgan fingerprint density at radius 2 is 1.57 bits per heavy atom. The average Bonchev–Trinajstić information content (AvgIpc) is 2.70. The molecule has 5 nitrogen and oxygen atoms in total. The zero-order chi connectivity index (χ0) is 20.1. The first-order valence-corrected chi connectivity index (χ1v) is 11.4. The highest BCUT2D eigenvalue weighted by molar-refractivity contribution is 7.89. The summed E-state index contributed by atoms with van der Waals surface area (Å²) in [7, 11) is -3.44. The third-order valence-electron chi connectivity index (χ3n) is 4.74. The number of para-hydroxylation sites is 1. The van der Waals surface area contributed by atoms with Gasteiger partial charge in [0.25, 0.3) is 0 Å². The summed E-state index contributed by atoms with van der Waals surface area (Å²) < 4.78 is 26.9. The van der Waals surface area contributed by atoms with Crippen LogP contribution < -0.4 is 5.32 Å². The number of aryl methyl sites for hydroxylation is 1. The van der Waals surface area contributed by atoms with Crippen molar-refractivity contribution in [3.63, 3.8) is 0 Å². The molecule has 1 amide bonds. The van der Waals surface area contributed by atoms with Crippen LogP contribution in [-0.2, 0) is 21.2 Å². The van der Waals surface area contributed by atoms with E-state index in [-0.39, 0.29) is 12.3 Å². The Balaban J connectivity index is 1.59. The molecular weight excluding hydrogens is 419 g/mol. The lowest BCUT2D eigenvalue weighted by atomic mass is 10.1. The van der Waals surface area contributed by atoms with Crippen molar-refractivity contribution >= 4 is 44.8 Å². The molecule has 1 aliphatic heterocycles. The third kappa shape index (κ3) is 5.06. The fourth-order valence-corrected chi connectivity index (χ4v) is 5.17. The van der Waals surface area contributed by atoms with Gasteiger partial charge in [-0.25, -0.2) is 8.42 Å². The number of benzene rings is 2. The molecule has 2 aromatic carbocycles. The summed E-state index contributed by atoms with van der Waals surface area (Å²) in [5, 5.41) is 3.49. The highest BCUT2D eigenvalue weighted by atomic mass is 35.5. The summed E-state index contributed by atoms with van der Waals surface area (Å²) in [5.74, 6) is -0.208. The molecule has 0 unspecified atom stereocenters. The second-order valence-electron chi connectivity index (χ2n) is 6.75. The first-order chi connectivity index (χ1) is 13.4. The van der Waals surface area contributed by atoms with Gasteiger partial charge in [0.15, 0.2) is 0 Å². The van der Waals surface area contributed by atoms with E-state index in [9.17, 15) is 13.2 Å². The monoisotopic (exact) mass is 440 g/mol. The minimum absolute atomic E-state index is 0.208. The maximum atomic E-state index is 12.7. The fourth-order valence-electron chi connectivity index (χ4n) is 3.16. The van der Waals surface area contributed by atoms with Gasteiger partial charge >= 0.3 is 0 Å². The molecule has 0 spiro atoms. The van der Waals surface area contributed by atoms with E-state index in [2.05, 4.69) is 5.32 Å². The Kier molecular flexibility index (Phi) is 6.99. The number of amides is 1. The van der Waals surface area contributed by atoms with E-state index < -0.39 is 10.0 Å². The van der Waals surface area contributed by atoms with Crippen molar-refractivity contribution in [2.45, 2.75) is 37.0 Å². The molecule has 0 atom stereocenters. The lowest BCUT2D eigenvalue weighted by Crippen LogP contribution is -2.35. The van der Waals surface area contributed by atoms with Gasteiger partial charge in [-0.15, -0.1) is 0 Å². The topological polar surface area (TPSA) is 66.5 Å². The van der Waals surface area contributed by atoms with E-state index in [1.54, 1.807) is 46.8 Å². The summed E-state index contributed by atoms with van der Waals surface area (Å²) in [6.45, 7) is 1.16. The van der Waals surface area contributed by atoms with Crippen LogP contribution in [-0.4, -0.2) is 31.7 Å². The van der Waals surface area contributed by atoms with Crippen molar-refractivity contribution in [1.82, 2.24) is 4.31 Å². The maximum absolute atomic E-state index is 12.7. The molecule has 0 bridgehead atoms. The number of nitrogens with one attached hydrogen (secondary N) is 1. The van der Waals surface area contributed by atoms with Crippen molar-refractivity contribution in [1.29, 1.82) is 0 Å². The number of hydrogen-bond acceptors (Lipinski definition) is 3. The van der Waals surface area contributed by atoms with Gasteiger partial charge in [0.2, 0.25) is 15.9 Å². The van der Waals surface area contributed by atoms with E-state index in [1.165, 1.54) is 0 Å². The van der Waals surface area contributed by atoms with Crippen LogP contribution in [0, 0.1) is 0 Å². The van der Waals surface area contributed by atoms with Crippen molar-refractivity contribution in [3.05, 3.63) is 58.1 Å². The normalized spacial score (nSPS) is 15.4. The number of carbonyl (C=O) groups is 1. The van der Waals surface area contributed by atoms with Gasteiger partial charge < -0.3 is 5.32 Å². The Morgan fingerprint density at radius 3 is 2.18 bits per heavy atom. The van der Waals surface area contributed by atoms with E-state index in [4.69, 9.17) is 23.2 Å². The number of anilines is 1. The van der Waals surface area contributed by atoms with Crippen LogP contribution in [0.4, 0.5) is 5.69 Å². The molecule has 150 valence electrons. The van der Waals surface area contributed by atoms with E-state index in [0.29, 0.717) is 40.1 Å². The van der Waals surface area contributed by atoms with Gasteiger partial charge in [-0.3, -0.25) is 4.79 Å². The Morgan fingerprint density at radius 1 is 0.964 bits per heavy atom. The largest absolute Gasteiger partial charge is 0.324 e. The summed E-state index contributed by atoms with van der Waals surface area (Å²) in [5.41, 5.74) is 1.29. The summed E-state index contributed by atoms with van der Waals surface area (Å²) >= 11 is 12.1. The fraction of sp³-hybridized carbons (Fsp3) is 0.350. The summed E-state index contributed by atoms with van der Waals surface area (Å²) in [6, 6.07) is 11.8. The van der Waals surface area contributed by atoms with Crippen molar-refractivity contribution < 1.29 is 13.2 Å². The second kappa shape index (κ2) is 9.27. The number of hydrogen-bond donors (Lipinski definition) is 1. The van der Waals surface area contributed by atoms with Crippen molar-refractivity contribution in [2.75, 3.05) is 18.4 Å². The minimum Gasteiger partial charge on any atom is -0.324 e. The van der Waals surface area contributed by atoms with Gasteiger partial charge in [-0.1, -0.05) is 47.8 Å². The van der Waals surface area contributed by atoms with Gasteiger partial charge in [-0.2, -0.15) is 4.31 Å².